The third kappa shape index (κ3) is 5.10. The minimum atomic E-state index is -0.216. The Morgan fingerprint density at radius 1 is 1.17 bits per heavy atom. The van der Waals surface area contributed by atoms with Crippen LogP contribution in [-0.2, 0) is 28.9 Å². The number of phenols is 1. The third-order valence-corrected chi connectivity index (χ3v) is 11.0. The molecule has 3 aliphatic rings. The van der Waals surface area contributed by atoms with Crippen LogP contribution in [0.3, 0.4) is 0 Å². The number of Topliss-reactive ketones (excluding diaryl/α,β-unsaturated/α-hetero) is 1. The van der Waals surface area contributed by atoms with Crippen LogP contribution >= 0.6 is 0 Å². The van der Waals surface area contributed by atoms with Crippen LogP contribution in [0.15, 0.2) is 36.5 Å². The Balaban J connectivity index is 1.07. The van der Waals surface area contributed by atoms with Crippen LogP contribution in [0.2, 0.25) is 0 Å². The van der Waals surface area contributed by atoms with E-state index in [0.717, 1.165) is 63.4 Å². The van der Waals surface area contributed by atoms with E-state index in [4.69, 9.17) is 0 Å². The Labute approximate surface area is 244 Å². The summed E-state index contributed by atoms with van der Waals surface area (Å²) in [4.78, 5) is 29.5. The zero-order valence-corrected chi connectivity index (χ0v) is 25.0. The number of aromatic amines is 1. The second kappa shape index (κ2) is 11.3. The first-order chi connectivity index (χ1) is 19.8. The van der Waals surface area contributed by atoms with Crippen molar-refractivity contribution in [2.45, 2.75) is 97.3 Å². The molecule has 0 saturated heterocycles. The summed E-state index contributed by atoms with van der Waals surface area (Å²) in [6.45, 7) is 7.15. The second-order valence-corrected chi connectivity index (χ2v) is 13.4. The summed E-state index contributed by atoms with van der Waals surface area (Å²) in [7, 11) is 0. The first-order valence-corrected chi connectivity index (χ1v) is 16.0. The van der Waals surface area contributed by atoms with E-state index in [9.17, 15) is 14.7 Å². The van der Waals surface area contributed by atoms with Crippen molar-refractivity contribution in [2.24, 2.45) is 23.2 Å². The minimum Gasteiger partial charge on any atom is -0.508 e. The molecule has 5 heteroatoms. The van der Waals surface area contributed by atoms with Gasteiger partial charge in [-0.05, 0) is 116 Å². The van der Waals surface area contributed by atoms with Crippen molar-refractivity contribution in [1.29, 1.82) is 0 Å². The lowest BCUT2D eigenvalue weighted by atomic mass is 9.54. The Hall–Kier alpha value is -3.08. The van der Waals surface area contributed by atoms with Gasteiger partial charge in [-0.2, -0.15) is 0 Å². The number of amides is 1. The number of ketones is 1. The van der Waals surface area contributed by atoms with E-state index < -0.39 is 0 Å². The fourth-order valence-corrected chi connectivity index (χ4v) is 8.97. The van der Waals surface area contributed by atoms with Crippen LogP contribution in [0, 0.1) is 30.1 Å². The van der Waals surface area contributed by atoms with Gasteiger partial charge in [-0.15, -0.1) is 0 Å². The Kier molecular flexibility index (Phi) is 7.74. The Morgan fingerprint density at radius 3 is 2.85 bits per heavy atom. The molecule has 1 heterocycles. The number of aromatic nitrogens is 1. The van der Waals surface area contributed by atoms with Gasteiger partial charge in [0, 0.05) is 41.9 Å². The largest absolute Gasteiger partial charge is 0.508 e. The monoisotopic (exact) mass is 554 g/mol. The fourth-order valence-electron chi connectivity index (χ4n) is 8.97. The number of rotatable bonds is 9. The van der Waals surface area contributed by atoms with Crippen molar-refractivity contribution in [2.75, 3.05) is 6.54 Å². The Bertz CT molecular complexity index is 1450. The fraction of sp³-hybridized carbons (Fsp3) is 0.556. The van der Waals surface area contributed by atoms with Gasteiger partial charge in [0.25, 0.3) is 0 Å². The lowest BCUT2D eigenvalue weighted by Crippen LogP contribution is -2.44. The van der Waals surface area contributed by atoms with Crippen LogP contribution in [-0.4, -0.2) is 28.3 Å². The third-order valence-electron chi connectivity index (χ3n) is 11.0. The van der Waals surface area contributed by atoms with E-state index in [1.165, 1.54) is 33.2 Å². The molecule has 2 unspecified atom stereocenters. The molecular weight excluding hydrogens is 508 g/mol. The van der Waals surface area contributed by atoms with Crippen molar-refractivity contribution in [1.82, 2.24) is 10.3 Å². The highest BCUT2D eigenvalue weighted by atomic mass is 16.3. The van der Waals surface area contributed by atoms with Gasteiger partial charge in [0.2, 0.25) is 5.91 Å². The van der Waals surface area contributed by atoms with E-state index in [1.54, 1.807) is 0 Å². The lowest BCUT2D eigenvalue weighted by Gasteiger charge is -2.50. The normalized spacial score (nSPS) is 27.0. The zero-order chi connectivity index (χ0) is 28.7. The predicted molar refractivity (Wildman–Crippen MR) is 164 cm³/mol. The number of H-pyrrole nitrogens is 1. The summed E-state index contributed by atoms with van der Waals surface area (Å²) in [5.41, 5.74) is 7.27. The zero-order valence-electron chi connectivity index (χ0n) is 25.0. The number of hydrogen-bond donors (Lipinski definition) is 3. The number of aryl methyl sites for hydroxylation is 3. The molecule has 0 bridgehead atoms. The summed E-state index contributed by atoms with van der Waals surface area (Å²) in [6, 6.07) is 10.7. The molecule has 218 valence electrons. The molecule has 0 spiro atoms. The van der Waals surface area contributed by atoms with Crippen LogP contribution in [0.4, 0.5) is 0 Å². The molecule has 1 aromatic heterocycles. The molecule has 6 rings (SSSR count). The number of aromatic hydroxyl groups is 1. The quantitative estimate of drug-likeness (QED) is 0.259. The van der Waals surface area contributed by atoms with Crippen LogP contribution < -0.4 is 5.32 Å². The molecule has 2 saturated carbocycles. The van der Waals surface area contributed by atoms with E-state index in [2.05, 4.69) is 61.5 Å². The van der Waals surface area contributed by atoms with E-state index >= 15 is 0 Å². The summed E-state index contributed by atoms with van der Waals surface area (Å²) in [6.07, 6.45) is 11.9. The van der Waals surface area contributed by atoms with Crippen molar-refractivity contribution in [3.05, 3.63) is 64.3 Å². The Morgan fingerprint density at radius 2 is 2.02 bits per heavy atom. The highest BCUT2D eigenvalue weighted by Gasteiger charge is 2.58. The molecule has 3 aliphatic carbocycles. The first-order valence-electron chi connectivity index (χ1n) is 16.0. The number of fused-ring (bicyclic) bond motifs is 6. The molecule has 1 amide bonds. The van der Waals surface area contributed by atoms with Gasteiger partial charge < -0.3 is 15.4 Å². The van der Waals surface area contributed by atoms with Gasteiger partial charge in [0.05, 0.1) is 0 Å². The van der Waals surface area contributed by atoms with E-state index in [0.29, 0.717) is 54.6 Å². The number of carbonyl (C=O) groups is 2. The predicted octanol–water partition coefficient (Wildman–Crippen LogP) is 7.31. The molecule has 41 heavy (non-hydrogen) atoms. The van der Waals surface area contributed by atoms with Crippen molar-refractivity contribution >= 4 is 22.6 Å². The van der Waals surface area contributed by atoms with Gasteiger partial charge in [-0.3, -0.25) is 9.59 Å². The number of hydrogen-bond acceptors (Lipinski definition) is 3. The number of carbonyl (C=O) groups excluding carboxylic acids is 2. The van der Waals surface area contributed by atoms with E-state index in [1.807, 2.05) is 6.07 Å². The molecule has 0 radical (unpaired) electrons. The number of benzene rings is 2. The molecular formula is C36H46N2O3. The summed E-state index contributed by atoms with van der Waals surface area (Å²) in [5.74, 6) is 2.80. The van der Waals surface area contributed by atoms with E-state index in [-0.39, 0.29) is 11.3 Å². The average molecular weight is 555 g/mol. The molecule has 2 fully saturated rings. The SMILES string of the molecule is CCCc1cc2c(cc1O)CCC1[C@@H]2CCC2(C)C(=O)C[C@@H](CCCC(=O)NCCc3c[nH]c4c(C)cccc34)[C@@H]12. The highest BCUT2D eigenvalue weighted by Crippen LogP contribution is 2.62. The lowest BCUT2D eigenvalue weighted by molar-refractivity contribution is -0.129. The van der Waals surface area contributed by atoms with Crippen molar-refractivity contribution in [3.8, 4) is 5.75 Å². The van der Waals surface area contributed by atoms with Crippen LogP contribution in [0.5, 0.6) is 5.75 Å². The van der Waals surface area contributed by atoms with Crippen molar-refractivity contribution in [3.63, 3.8) is 0 Å². The highest BCUT2D eigenvalue weighted by molar-refractivity contribution is 5.88. The van der Waals surface area contributed by atoms with Crippen molar-refractivity contribution < 1.29 is 14.7 Å². The molecule has 0 aliphatic heterocycles. The summed E-state index contributed by atoms with van der Waals surface area (Å²) < 4.78 is 0. The summed E-state index contributed by atoms with van der Waals surface area (Å²) in [5, 5.41) is 15.0. The second-order valence-electron chi connectivity index (χ2n) is 13.4. The topological polar surface area (TPSA) is 82.2 Å². The standard InChI is InChI=1S/C36H46N2O3/c1-4-7-24-18-30-23(19-31(24)39)12-13-29-28(30)14-16-36(3)32(40)20-25(34(29)36)9-6-11-33(41)37-17-15-26-21-38-35-22(2)8-5-10-27(26)35/h5,8,10,18-19,21,25,28-29,34,38-39H,4,6-7,9,11-17,20H2,1-3H3,(H,37,41)/t25-,28+,29?,34+,36?/m1/s1. The van der Waals surface area contributed by atoms with Crippen LogP contribution in [0.25, 0.3) is 10.9 Å². The number of nitrogens with one attached hydrogen (secondary N) is 2. The molecule has 3 N–H and O–H groups in total. The smallest absolute Gasteiger partial charge is 0.220 e. The summed E-state index contributed by atoms with van der Waals surface area (Å²) >= 11 is 0. The number of phenolic OH excluding ortho intramolecular Hbond substituents is 1. The average Bonchev–Trinajstić information content (AvgIpc) is 3.48. The maximum atomic E-state index is 13.4. The first kappa shape index (κ1) is 28.1. The van der Waals surface area contributed by atoms with Gasteiger partial charge in [0.15, 0.2) is 0 Å². The maximum absolute atomic E-state index is 13.4. The van der Waals surface area contributed by atoms with Gasteiger partial charge in [0.1, 0.15) is 11.5 Å². The van der Waals surface area contributed by atoms with Gasteiger partial charge >= 0.3 is 0 Å². The molecule has 5 atom stereocenters. The molecule has 3 aromatic rings. The maximum Gasteiger partial charge on any atom is 0.220 e. The van der Waals surface area contributed by atoms with Gasteiger partial charge in [-0.25, -0.2) is 0 Å². The van der Waals surface area contributed by atoms with Gasteiger partial charge in [-0.1, -0.05) is 44.5 Å². The molecule has 2 aromatic carbocycles. The molecule has 5 nitrogen and oxygen atoms in total. The number of para-hydroxylation sites is 1. The van der Waals surface area contributed by atoms with Crippen LogP contribution in [0.1, 0.15) is 98.9 Å². The minimum absolute atomic E-state index is 0.115.